The smallest absolute Gasteiger partial charge is 0.133 e. The Balaban J connectivity index is -0.0000000862. The van der Waals surface area contributed by atoms with E-state index in [2.05, 4.69) is 226 Å². The molecule has 4 aliphatic heterocycles. The number of nitrogens with one attached hydrogen (secondary N) is 5. The molecule has 6 aromatic rings. The average molecular weight is 1330 g/mol. The Morgan fingerprint density at radius 1 is 0.301 bits per heavy atom. The summed E-state index contributed by atoms with van der Waals surface area (Å²) in [6.07, 6.45) is 11.8. The molecule has 0 amide bonds. The highest BCUT2D eigenvalue weighted by atomic mass is 32.1. The normalized spacial score (nSPS) is 12.3. The number of hydrogen-bond acceptors (Lipinski definition) is 8. The second kappa shape index (κ2) is 105. The average Bonchev–Trinajstić information content (AvgIpc) is 2.03. The first-order valence-electron chi connectivity index (χ1n) is 37.9. The van der Waals surface area contributed by atoms with E-state index in [1.165, 1.54) is 72.6 Å². The van der Waals surface area contributed by atoms with Crippen molar-refractivity contribution in [2.45, 2.75) is 281 Å². The van der Waals surface area contributed by atoms with Gasteiger partial charge in [-0.3, -0.25) is 0 Å². The summed E-state index contributed by atoms with van der Waals surface area (Å²) in [5.41, 5.74) is 2.16. The van der Waals surface area contributed by atoms with Gasteiger partial charge in [0.1, 0.15) is 5.58 Å². The van der Waals surface area contributed by atoms with E-state index < -0.39 is 0 Å². The summed E-state index contributed by atoms with van der Waals surface area (Å²) in [5, 5.41) is 18.8. The van der Waals surface area contributed by atoms with Crippen molar-refractivity contribution in [2.24, 2.45) is 41.4 Å². The Labute approximate surface area is 590 Å². The van der Waals surface area contributed by atoms with Gasteiger partial charge in [-0.2, -0.15) is 0 Å². The van der Waals surface area contributed by atoms with Gasteiger partial charge in [-0.15, -0.1) is 11.3 Å². The van der Waals surface area contributed by atoms with E-state index in [0.717, 1.165) is 118 Å². The molecule has 0 spiro atoms. The number of piperazine rings is 1. The molecule has 93 heavy (non-hydrogen) atoms. The number of H-pyrrole nitrogens is 1. The lowest BCUT2D eigenvalue weighted by Gasteiger charge is -2.11. The molecule has 0 radical (unpaired) electrons. The van der Waals surface area contributed by atoms with E-state index in [0.29, 0.717) is 0 Å². The van der Waals surface area contributed by atoms with Crippen molar-refractivity contribution in [3.8, 4) is 0 Å². The number of thiophene rings is 1. The molecule has 5 N–H and O–H groups in total. The summed E-state index contributed by atoms with van der Waals surface area (Å²) in [6.45, 7) is 86.4. The van der Waals surface area contributed by atoms with Crippen LogP contribution in [0.25, 0.3) is 32.0 Å². The summed E-state index contributed by atoms with van der Waals surface area (Å²) < 4.78 is 16.6. The maximum atomic E-state index is 5.12. The first-order chi connectivity index (χ1) is 44.5. The number of aromatic nitrogens is 1. The van der Waals surface area contributed by atoms with Gasteiger partial charge in [0, 0.05) is 74.3 Å². The molecule has 0 atom stereocenters. The lowest BCUT2D eigenvalue weighted by Crippen LogP contribution is -2.39. The Kier molecular flexibility index (Phi) is 128. The quantitative estimate of drug-likeness (QED) is 0.103. The molecular weight excluding hydrogens is 1160 g/mol. The number of hydrogen-bond donors (Lipinski definition) is 5. The topological polar surface area (TPSA) is 95.5 Å². The molecule has 3 aromatic carbocycles. The van der Waals surface area contributed by atoms with Crippen LogP contribution in [0.4, 0.5) is 0 Å². The molecule has 4 aliphatic rings. The van der Waals surface area contributed by atoms with Crippen LogP contribution >= 0.6 is 11.3 Å². The zero-order valence-corrected chi connectivity index (χ0v) is 70.1. The van der Waals surface area contributed by atoms with Gasteiger partial charge in [-0.05, 0) is 139 Å². The molecule has 8 nitrogen and oxygen atoms in total. The monoisotopic (exact) mass is 1330 g/mol. The zero-order valence-electron chi connectivity index (χ0n) is 69.3. The number of morpholine rings is 1. The highest BCUT2D eigenvalue weighted by Gasteiger charge is 1.96. The van der Waals surface area contributed by atoms with Crippen LogP contribution in [0.3, 0.4) is 0 Å². The molecule has 10 rings (SSSR count). The van der Waals surface area contributed by atoms with E-state index in [-0.39, 0.29) is 0 Å². The van der Waals surface area contributed by atoms with Gasteiger partial charge in [0.05, 0.1) is 19.5 Å². The molecule has 4 fully saturated rings. The lowest BCUT2D eigenvalue weighted by molar-refractivity contribution is 0.0968. The molecule has 4 saturated heterocycles. The summed E-state index contributed by atoms with van der Waals surface area (Å²) in [5.74, 6) is 5.83. The van der Waals surface area contributed by atoms with Crippen molar-refractivity contribution in [2.75, 3.05) is 78.8 Å². The summed E-state index contributed by atoms with van der Waals surface area (Å²) >= 11 is 1.79. The summed E-state index contributed by atoms with van der Waals surface area (Å²) in [7, 11) is 0. The highest BCUT2D eigenvalue weighted by Crippen LogP contribution is 2.19. The predicted molar refractivity (Wildman–Crippen MR) is 440 cm³/mol. The van der Waals surface area contributed by atoms with Crippen molar-refractivity contribution in [3.05, 3.63) is 109 Å². The van der Waals surface area contributed by atoms with E-state index >= 15 is 0 Å². The Morgan fingerprint density at radius 2 is 0.624 bits per heavy atom. The third-order valence-electron chi connectivity index (χ3n) is 8.27. The van der Waals surface area contributed by atoms with Crippen LogP contribution in [-0.4, -0.2) is 83.8 Å². The summed E-state index contributed by atoms with van der Waals surface area (Å²) in [4.78, 5) is 3.12. The van der Waals surface area contributed by atoms with Crippen LogP contribution in [0.5, 0.6) is 0 Å². The van der Waals surface area contributed by atoms with E-state index in [4.69, 9.17) is 13.9 Å². The molecule has 0 unspecified atom stereocenters. The minimum absolute atomic E-state index is 0.833. The van der Waals surface area contributed by atoms with Gasteiger partial charge < -0.3 is 40.1 Å². The Morgan fingerprint density at radius 3 is 0.903 bits per heavy atom. The van der Waals surface area contributed by atoms with E-state index in [9.17, 15) is 0 Å². The van der Waals surface area contributed by atoms with Crippen molar-refractivity contribution in [3.63, 3.8) is 0 Å². The first-order valence-corrected chi connectivity index (χ1v) is 38.8. The van der Waals surface area contributed by atoms with Crippen molar-refractivity contribution in [1.29, 1.82) is 0 Å². The van der Waals surface area contributed by atoms with Crippen LogP contribution in [0, 0.1) is 41.4 Å². The number of benzene rings is 3. The molecule has 9 heteroatoms. The molecule has 7 heterocycles. The predicted octanol–water partition coefficient (Wildman–Crippen LogP) is 27.1. The largest absolute Gasteiger partial charge is 0.464 e. The Hall–Kier alpha value is -3.54. The molecule has 556 valence electrons. The fourth-order valence-corrected chi connectivity index (χ4v) is 6.21. The van der Waals surface area contributed by atoms with Crippen LogP contribution in [0.1, 0.15) is 281 Å². The van der Waals surface area contributed by atoms with Gasteiger partial charge in [0.25, 0.3) is 0 Å². The van der Waals surface area contributed by atoms with Crippen molar-refractivity contribution < 1.29 is 13.9 Å². The second-order valence-electron chi connectivity index (χ2n) is 24.5. The highest BCUT2D eigenvalue weighted by molar-refractivity contribution is 7.17. The number of aromatic amines is 1. The number of para-hydroxylation sites is 2. The lowest BCUT2D eigenvalue weighted by atomic mass is 10.2. The van der Waals surface area contributed by atoms with Gasteiger partial charge in [-0.1, -0.05) is 303 Å². The first kappa shape index (κ1) is 114. The number of rotatable bonds is 0. The van der Waals surface area contributed by atoms with E-state index in [1.54, 1.807) is 17.6 Å². The fourth-order valence-electron chi connectivity index (χ4n) is 5.42. The standard InChI is InChI=1S/C8H7N.C8H6O.C8H6S.C5H11N.C5H10O.C4H10N2.C4H9NO.7C4H10.7C2H6/c3*1-2-4-8-7(3-1)5-6-9-8;2*1-2-4-6-5-3-1;1-2-6-4-3-5-1;1-3-6-4-2-5-1;7*1-4(2)3;7*1-2/h1-6,9H;2*1-6H;6H,1-5H2;1-5H2;5-6H,1-4H2;5H,1-4H2;7*4H,1-3H3;7*1-2H3. The van der Waals surface area contributed by atoms with Crippen molar-refractivity contribution >= 4 is 43.3 Å². The SMILES string of the molecule is C1CCNCC1.C1CCOCC1.C1CNCCN1.C1COCCN1.CC.CC.CC.CC.CC.CC.CC.CC(C)C.CC(C)C.CC(C)C.CC(C)C.CC(C)C.CC(C)C.CC(C)C.c1ccc2[nH]ccc2c1.c1ccc2occc2c1.c1ccc2sccc2c1. The zero-order chi connectivity index (χ0) is 74.3. The maximum absolute atomic E-state index is 5.12. The van der Waals surface area contributed by atoms with Crippen LogP contribution < -0.4 is 21.3 Å². The molecule has 0 aliphatic carbocycles. The van der Waals surface area contributed by atoms with Gasteiger partial charge in [-0.25, -0.2) is 0 Å². The number of ether oxygens (including phenoxy) is 2. The minimum atomic E-state index is 0.833. The molecular formula is C84H171N5O3S. The van der Waals surface area contributed by atoms with Crippen molar-refractivity contribution in [1.82, 2.24) is 26.3 Å². The molecule has 0 bridgehead atoms. The molecule has 0 saturated carbocycles. The third-order valence-corrected chi connectivity index (χ3v) is 9.17. The number of piperidine rings is 1. The molecule has 3 aromatic heterocycles. The number of fused-ring (bicyclic) bond motifs is 3. The van der Waals surface area contributed by atoms with Gasteiger partial charge >= 0.3 is 0 Å². The maximum Gasteiger partial charge on any atom is 0.133 e. The summed E-state index contributed by atoms with van der Waals surface area (Å²) in [6, 6.07) is 30.7. The van der Waals surface area contributed by atoms with E-state index in [1.807, 2.05) is 146 Å². The number of furan rings is 1. The fraction of sp³-hybridized carbons (Fsp3) is 0.714. The van der Waals surface area contributed by atoms with Crippen LogP contribution in [0.15, 0.2) is 113 Å². The Bertz CT molecular complexity index is 1580. The minimum Gasteiger partial charge on any atom is -0.464 e. The van der Waals surface area contributed by atoms with Crippen LogP contribution in [-0.2, 0) is 9.47 Å². The van der Waals surface area contributed by atoms with Gasteiger partial charge in [0.2, 0.25) is 0 Å². The van der Waals surface area contributed by atoms with Gasteiger partial charge in [0.15, 0.2) is 0 Å². The third kappa shape index (κ3) is 129. The second-order valence-corrected chi connectivity index (χ2v) is 25.4. The van der Waals surface area contributed by atoms with Crippen LogP contribution in [0.2, 0.25) is 0 Å².